The molecule has 1 unspecified atom stereocenters. The van der Waals surface area contributed by atoms with Crippen molar-refractivity contribution in [2.75, 3.05) is 0 Å². The van der Waals surface area contributed by atoms with E-state index in [-0.39, 0.29) is 11.2 Å². The van der Waals surface area contributed by atoms with Crippen LogP contribution < -0.4 is 0 Å². The Kier molecular flexibility index (Phi) is 3.50. The maximum Gasteiger partial charge on any atom is 0.123 e. The van der Waals surface area contributed by atoms with Gasteiger partial charge in [-0.05, 0) is 54.9 Å². The molecule has 1 saturated carbocycles. The van der Waals surface area contributed by atoms with Crippen molar-refractivity contribution in [3.8, 4) is 0 Å². The van der Waals surface area contributed by atoms with Crippen molar-refractivity contribution >= 4 is 0 Å². The highest BCUT2D eigenvalue weighted by Crippen LogP contribution is 2.42. The van der Waals surface area contributed by atoms with E-state index in [9.17, 15) is 9.50 Å². The molecule has 1 nitrogen and oxygen atoms in total. The fourth-order valence-corrected chi connectivity index (χ4v) is 3.30. The smallest absolute Gasteiger partial charge is 0.123 e. The average molecular weight is 250 g/mol. The highest BCUT2D eigenvalue weighted by atomic mass is 19.1. The van der Waals surface area contributed by atoms with E-state index in [1.54, 1.807) is 12.1 Å². The maximum atomic E-state index is 13.3. The molecule has 2 heteroatoms. The van der Waals surface area contributed by atoms with Crippen LogP contribution in [-0.4, -0.2) is 10.7 Å². The summed E-state index contributed by atoms with van der Waals surface area (Å²) in [6.45, 7) is 6.39. The summed E-state index contributed by atoms with van der Waals surface area (Å²) in [5.74, 6) is -0.214. The molecule has 1 N–H and O–H groups in total. The molecule has 1 atom stereocenters. The summed E-state index contributed by atoms with van der Waals surface area (Å²) >= 11 is 0. The standard InChI is InChI=1S/C16H23FO/c1-12-5-6-14(17)9-13(12)10-16(18)8-4-7-15(2,3)11-16/h5-6,9,18H,4,7-8,10-11H2,1-3H3. The number of aryl methyl sites for hydroxylation is 1. The fourth-order valence-electron chi connectivity index (χ4n) is 3.30. The third kappa shape index (κ3) is 3.11. The van der Waals surface area contributed by atoms with Gasteiger partial charge >= 0.3 is 0 Å². The van der Waals surface area contributed by atoms with Gasteiger partial charge in [0.05, 0.1) is 5.60 Å². The number of aliphatic hydroxyl groups is 1. The lowest BCUT2D eigenvalue weighted by molar-refractivity contribution is -0.0383. The molecule has 0 heterocycles. The second kappa shape index (κ2) is 4.65. The van der Waals surface area contributed by atoms with E-state index in [1.807, 2.05) is 6.92 Å². The van der Waals surface area contributed by atoms with Crippen LogP contribution in [0.5, 0.6) is 0 Å². The molecule has 1 aliphatic carbocycles. The number of hydrogen-bond acceptors (Lipinski definition) is 1. The molecular weight excluding hydrogens is 227 g/mol. The molecule has 1 aromatic rings. The van der Waals surface area contributed by atoms with Crippen molar-refractivity contribution in [1.29, 1.82) is 0 Å². The Morgan fingerprint density at radius 3 is 2.67 bits per heavy atom. The van der Waals surface area contributed by atoms with Crippen LogP contribution in [-0.2, 0) is 6.42 Å². The number of rotatable bonds is 2. The van der Waals surface area contributed by atoms with E-state index in [4.69, 9.17) is 0 Å². The molecule has 0 spiro atoms. The minimum Gasteiger partial charge on any atom is -0.390 e. The summed E-state index contributed by atoms with van der Waals surface area (Å²) in [4.78, 5) is 0. The lowest BCUT2D eigenvalue weighted by Crippen LogP contribution is -2.40. The summed E-state index contributed by atoms with van der Waals surface area (Å²) in [5, 5.41) is 10.8. The third-order valence-corrected chi connectivity index (χ3v) is 4.13. The molecule has 0 bridgehead atoms. The van der Waals surface area contributed by atoms with Crippen molar-refractivity contribution in [1.82, 2.24) is 0 Å². The molecule has 1 fully saturated rings. The van der Waals surface area contributed by atoms with E-state index in [0.717, 1.165) is 36.8 Å². The average Bonchev–Trinajstić information content (AvgIpc) is 2.21. The molecule has 2 rings (SSSR count). The van der Waals surface area contributed by atoms with E-state index >= 15 is 0 Å². The second-order valence-electron chi connectivity index (χ2n) is 6.67. The van der Waals surface area contributed by atoms with Gasteiger partial charge in [-0.25, -0.2) is 4.39 Å². The first-order chi connectivity index (χ1) is 8.30. The van der Waals surface area contributed by atoms with Gasteiger partial charge < -0.3 is 5.11 Å². The number of benzene rings is 1. The van der Waals surface area contributed by atoms with Gasteiger partial charge in [0.15, 0.2) is 0 Å². The van der Waals surface area contributed by atoms with Crippen molar-refractivity contribution < 1.29 is 9.50 Å². The number of halogens is 1. The van der Waals surface area contributed by atoms with E-state index in [0.29, 0.717) is 6.42 Å². The van der Waals surface area contributed by atoms with Gasteiger partial charge in [0, 0.05) is 6.42 Å². The van der Waals surface area contributed by atoms with Crippen LogP contribution in [0.3, 0.4) is 0 Å². The predicted octanol–water partition coefficient (Wildman–Crippen LogP) is 4.01. The van der Waals surface area contributed by atoms with Crippen LogP contribution in [0.4, 0.5) is 4.39 Å². The Bertz CT molecular complexity index is 439. The van der Waals surface area contributed by atoms with Gasteiger partial charge in [-0.1, -0.05) is 26.3 Å². The molecule has 0 radical (unpaired) electrons. The largest absolute Gasteiger partial charge is 0.390 e. The van der Waals surface area contributed by atoms with E-state index in [1.165, 1.54) is 6.07 Å². The number of hydrogen-bond donors (Lipinski definition) is 1. The zero-order valence-corrected chi connectivity index (χ0v) is 11.6. The summed E-state index contributed by atoms with van der Waals surface area (Å²) in [6.07, 6.45) is 4.41. The normalized spacial score (nSPS) is 27.2. The Labute approximate surface area is 109 Å². The van der Waals surface area contributed by atoms with Gasteiger partial charge in [-0.3, -0.25) is 0 Å². The Hall–Kier alpha value is -0.890. The first-order valence-corrected chi connectivity index (χ1v) is 6.77. The van der Waals surface area contributed by atoms with Crippen LogP contribution in [0.1, 0.15) is 50.7 Å². The maximum absolute atomic E-state index is 13.3. The Balaban J connectivity index is 2.19. The Morgan fingerprint density at radius 1 is 1.28 bits per heavy atom. The van der Waals surface area contributed by atoms with Crippen LogP contribution >= 0.6 is 0 Å². The predicted molar refractivity (Wildman–Crippen MR) is 72.0 cm³/mol. The van der Waals surface area contributed by atoms with Gasteiger partial charge in [0.1, 0.15) is 5.82 Å². The fraction of sp³-hybridized carbons (Fsp3) is 0.625. The minimum atomic E-state index is -0.666. The molecular formula is C16H23FO. The van der Waals surface area contributed by atoms with Crippen molar-refractivity contribution in [3.63, 3.8) is 0 Å². The summed E-state index contributed by atoms with van der Waals surface area (Å²) in [5.41, 5.74) is 1.53. The van der Waals surface area contributed by atoms with Crippen LogP contribution in [0.2, 0.25) is 0 Å². The zero-order chi connectivity index (χ0) is 13.4. The lowest BCUT2D eigenvalue weighted by atomic mass is 9.68. The zero-order valence-electron chi connectivity index (χ0n) is 11.6. The summed E-state index contributed by atoms with van der Waals surface area (Å²) in [6, 6.07) is 4.84. The van der Waals surface area contributed by atoms with Crippen molar-refractivity contribution in [2.45, 2.75) is 58.5 Å². The van der Waals surface area contributed by atoms with E-state index < -0.39 is 5.60 Å². The summed E-state index contributed by atoms with van der Waals surface area (Å²) < 4.78 is 13.3. The molecule has 1 aromatic carbocycles. The first-order valence-electron chi connectivity index (χ1n) is 6.77. The highest BCUT2D eigenvalue weighted by molar-refractivity contribution is 5.28. The SMILES string of the molecule is Cc1ccc(F)cc1CC1(O)CCCC(C)(C)C1. The molecule has 18 heavy (non-hydrogen) atoms. The molecule has 0 amide bonds. The third-order valence-electron chi connectivity index (χ3n) is 4.13. The quantitative estimate of drug-likeness (QED) is 0.841. The van der Waals surface area contributed by atoms with Crippen LogP contribution in [0.25, 0.3) is 0 Å². The molecule has 100 valence electrons. The summed E-state index contributed by atoms with van der Waals surface area (Å²) in [7, 11) is 0. The molecule has 0 aromatic heterocycles. The van der Waals surface area contributed by atoms with Crippen LogP contribution in [0, 0.1) is 18.2 Å². The monoisotopic (exact) mass is 250 g/mol. The van der Waals surface area contributed by atoms with Gasteiger partial charge in [-0.2, -0.15) is 0 Å². The van der Waals surface area contributed by atoms with Gasteiger partial charge in [0.25, 0.3) is 0 Å². The van der Waals surface area contributed by atoms with Gasteiger partial charge in [0.2, 0.25) is 0 Å². The molecule has 1 aliphatic rings. The van der Waals surface area contributed by atoms with Crippen molar-refractivity contribution in [3.05, 3.63) is 35.1 Å². The van der Waals surface area contributed by atoms with Crippen LogP contribution in [0.15, 0.2) is 18.2 Å². The molecule has 0 saturated heterocycles. The molecule has 0 aliphatic heterocycles. The topological polar surface area (TPSA) is 20.2 Å². The van der Waals surface area contributed by atoms with E-state index in [2.05, 4.69) is 13.8 Å². The highest BCUT2D eigenvalue weighted by Gasteiger charge is 2.38. The van der Waals surface area contributed by atoms with Gasteiger partial charge in [-0.15, -0.1) is 0 Å². The lowest BCUT2D eigenvalue weighted by Gasteiger charge is -2.42. The second-order valence-corrected chi connectivity index (χ2v) is 6.67. The Morgan fingerprint density at radius 2 is 2.00 bits per heavy atom. The minimum absolute atomic E-state index is 0.189. The first kappa shape index (κ1) is 13.5. The van der Waals surface area contributed by atoms with Crippen molar-refractivity contribution in [2.24, 2.45) is 5.41 Å².